The number of rotatable bonds is 13. The Kier molecular flexibility index (Phi) is 11.1. The van der Waals surface area contributed by atoms with Gasteiger partial charge in [-0.25, -0.2) is 19.7 Å². The van der Waals surface area contributed by atoms with E-state index in [1.807, 2.05) is 13.8 Å². The maximum atomic E-state index is 11.7. The van der Waals surface area contributed by atoms with Crippen LogP contribution in [0.4, 0.5) is 0 Å². The van der Waals surface area contributed by atoms with Crippen LogP contribution in [0.5, 0.6) is 17.9 Å². The summed E-state index contributed by atoms with van der Waals surface area (Å²) in [6, 6.07) is 0.640. The molecule has 16 nitrogen and oxygen atoms in total. The van der Waals surface area contributed by atoms with E-state index in [1.54, 1.807) is 25.7 Å². The summed E-state index contributed by atoms with van der Waals surface area (Å²) < 4.78 is 16.2. The van der Waals surface area contributed by atoms with E-state index in [9.17, 15) is 19.5 Å². The Balaban J connectivity index is 0.000000331. The number of carboxylic acid groups (broad SMARTS) is 3. The zero-order chi connectivity index (χ0) is 31.8. The van der Waals surface area contributed by atoms with Gasteiger partial charge in [0.25, 0.3) is 0 Å². The van der Waals surface area contributed by atoms with E-state index >= 15 is 0 Å². The Bertz CT molecular complexity index is 1260. The highest BCUT2D eigenvalue weighted by Crippen LogP contribution is 2.52. The number of ether oxygens (including phenoxy) is 3. The van der Waals surface area contributed by atoms with Gasteiger partial charge in [-0.2, -0.15) is 4.98 Å². The van der Waals surface area contributed by atoms with E-state index in [-0.39, 0.29) is 11.9 Å². The van der Waals surface area contributed by atoms with Crippen LogP contribution in [0.2, 0.25) is 0 Å². The molecule has 2 fully saturated rings. The van der Waals surface area contributed by atoms with Crippen molar-refractivity contribution in [2.75, 3.05) is 33.4 Å². The first kappa shape index (κ1) is 33.4. The lowest BCUT2D eigenvalue weighted by molar-refractivity contribution is -0.170. The standard InChI is InChI=1S/C21H29N5O4.C6H8O7/c1-4-29-18-16(10-24-20(25-18)30-5-2)21(27)7-6-15-12-26(13-17(15)21)11-14-8-22-19(28-3)23-9-14;7-3(8)1-6(13,5(11)12)2-4(9)10/h8-10,15,17,27H,4-7,11-13H2,1-3H3;13H,1-2H2,(H,7,8)(H,9,10)(H,11,12)/t15-,17+,21+;/m0./s1. The van der Waals surface area contributed by atoms with E-state index < -0.39 is 42.0 Å². The number of carbonyl (C=O) groups is 3. The molecule has 1 aliphatic carbocycles. The molecule has 2 aromatic rings. The number of carboxylic acids is 3. The van der Waals surface area contributed by atoms with Gasteiger partial charge in [-0.3, -0.25) is 14.5 Å². The molecule has 0 unspecified atom stereocenters. The van der Waals surface area contributed by atoms with E-state index in [0.29, 0.717) is 43.0 Å². The van der Waals surface area contributed by atoms with Crippen LogP contribution in [0, 0.1) is 11.8 Å². The fourth-order valence-corrected chi connectivity index (χ4v) is 5.44. The molecule has 16 heteroatoms. The molecule has 0 spiro atoms. The number of aliphatic hydroxyl groups is 2. The number of hydrogen-bond donors (Lipinski definition) is 5. The molecule has 0 amide bonds. The minimum absolute atomic E-state index is 0.0948. The number of aromatic nitrogens is 4. The monoisotopic (exact) mass is 607 g/mol. The molecular formula is C27H37N5O11. The van der Waals surface area contributed by atoms with E-state index in [4.69, 9.17) is 34.6 Å². The van der Waals surface area contributed by atoms with Crippen LogP contribution in [-0.2, 0) is 26.5 Å². The lowest BCUT2D eigenvalue weighted by Crippen LogP contribution is -2.42. The topological polar surface area (TPSA) is 235 Å². The summed E-state index contributed by atoms with van der Waals surface area (Å²) in [6.45, 7) is 7.18. The van der Waals surface area contributed by atoms with Gasteiger partial charge in [-0.15, -0.1) is 0 Å². The Labute approximate surface area is 247 Å². The fraction of sp³-hybridized carbons (Fsp3) is 0.593. The largest absolute Gasteiger partial charge is 0.481 e. The van der Waals surface area contributed by atoms with Gasteiger partial charge in [0.1, 0.15) is 5.60 Å². The average molecular weight is 608 g/mol. The molecule has 3 atom stereocenters. The molecule has 236 valence electrons. The summed E-state index contributed by atoms with van der Waals surface area (Å²) in [5.74, 6) is -4.09. The minimum Gasteiger partial charge on any atom is -0.481 e. The Morgan fingerprint density at radius 1 is 0.977 bits per heavy atom. The lowest BCUT2D eigenvalue weighted by atomic mass is 9.83. The normalized spacial score (nSPS) is 21.3. The Morgan fingerprint density at radius 2 is 1.58 bits per heavy atom. The molecule has 2 aromatic heterocycles. The summed E-state index contributed by atoms with van der Waals surface area (Å²) in [6.07, 6.45) is 4.60. The molecule has 3 heterocycles. The van der Waals surface area contributed by atoms with Crippen molar-refractivity contribution in [2.45, 2.75) is 57.3 Å². The zero-order valence-electron chi connectivity index (χ0n) is 24.2. The zero-order valence-corrected chi connectivity index (χ0v) is 24.2. The smallest absolute Gasteiger partial charge is 0.336 e. The molecule has 4 rings (SSSR count). The quantitative estimate of drug-likeness (QED) is 0.209. The summed E-state index contributed by atoms with van der Waals surface area (Å²) in [5.41, 5.74) is -2.06. The molecule has 1 saturated heterocycles. The van der Waals surface area contributed by atoms with E-state index in [0.717, 1.165) is 31.6 Å². The molecule has 1 aliphatic heterocycles. The van der Waals surface area contributed by atoms with E-state index in [1.165, 1.54) is 0 Å². The maximum Gasteiger partial charge on any atom is 0.336 e. The van der Waals surface area contributed by atoms with Gasteiger partial charge in [-0.1, -0.05) is 0 Å². The first-order chi connectivity index (χ1) is 20.3. The average Bonchev–Trinajstić information content (AvgIpc) is 3.48. The van der Waals surface area contributed by atoms with Crippen molar-refractivity contribution in [1.82, 2.24) is 24.8 Å². The van der Waals surface area contributed by atoms with Gasteiger partial charge < -0.3 is 39.7 Å². The molecule has 0 aromatic carbocycles. The predicted molar refractivity (Wildman–Crippen MR) is 145 cm³/mol. The maximum absolute atomic E-state index is 11.7. The third kappa shape index (κ3) is 8.24. The highest BCUT2D eigenvalue weighted by Gasteiger charge is 2.54. The fourth-order valence-electron chi connectivity index (χ4n) is 5.44. The van der Waals surface area contributed by atoms with Crippen molar-refractivity contribution < 1.29 is 54.1 Å². The van der Waals surface area contributed by atoms with Crippen LogP contribution in [0.15, 0.2) is 18.6 Å². The highest BCUT2D eigenvalue weighted by molar-refractivity contribution is 5.88. The molecule has 0 bridgehead atoms. The number of methoxy groups -OCH3 is 1. The lowest BCUT2D eigenvalue weighted by Gasteiger charge is -2.31. The number of aliphatic carboxylic acids is 3. The van der Waals surface area contributed by atoms with Gasteiger partial charge in [0.05, 0.1) is 38.7 Å². The van der Waals surface area contributed by atoms with Crippen LogP contribution in [-0.4, -0.2) is 107 Å². The second kappa shape index (κ2) is 14.3. The van der Waals surface area contributed by atoms with Gasteiger partial charge in [-0.05, 0) is 32.6 Å². The van der Waals surface area contributed by atoms with Crippen LogP contribution in [0.25, 0.3) is 0 Å². The van der Waals surface area contributed by atoms with Crippen LogP contribution >= 0.6 is 0 Å². The molecule has 5 N–H and O–H groups in total. The third-order valence-corrected chi connectivity index (χ3v) is 7.33. The van der Waals surface area contributed by atoms with Crippen molar-refractivity contribution in [3.63, 3.8) is 0 Å². The van der Waals surface area contributed by atoms with Crippen LogP contribution in [0.3, 0.4) is 0 Å². The minimum atomic E-state index is -2.74. The Hall–Kier alpha value is -4.15. The van der Waals surface area contributed by atoms with Crippen molar-refractivity contribution in [3.8, 4) is 17.9 Å². The van der Waals surface area contributed by atoms with E-state index in [2.05, 4.69) is 24.8 Å². The predicted octanol–water partition coefficient (Wildman–Crippen LogP) is 0.554. The molecule has 1 saturated carbocycles. The summed E-state index contributed by atoms with van der Waals surface area (Å²) in [5, 5.41) is 45.6. The first-order valence-electron chi connectivity index (χ1n) is 13.7. The van der Waals surface area contributed by atoms with Crippen LogP contribution in [0.1, 0.15) is 50.7 Å². The van der Waals surface area contributed by atoms with Gasteiger partial charge in [0.2, 0.25) is 5.88 Å². The summed E-state index contributed by atoms with van der Waals surface area (Å²) >= 11 is 0. The third-order valence-electron chi connectivity index (χ3n) is 7.33. The first-order valence-corrected chi connectivity index (χ1v) is 13.7. The molecular weight excluding hydrogens is 570 g/mol. The van der Waals surface area contributed by atoms with Crippen molar-refractivity contribution in [3.05, 3.63) is 29.7 Å². The number of fused-ring (bicyclic) bond motifs is 1. The van der Waals surface area contributed by atoms with Crippen molar-refractivity contribution in [2.24, 2.45) is 11.8 Å². The number of nitrogens with zero attached hydrogens (tertiary/aromatic N) is 5. The van der Waals surface area contributed by atoms with Gasteiger partial charge in [0.15, 0.2) is 5.60 Å². The molecule has 43 heavy (non-hydrogen) atoms. The summed E-state index contributed by atoms with van der Waals surface area (Å²) in [4.78, 5) is 49.9. The highest BCUT2D eigenvalue weighted by atomic mass is 16.5. The van der Waals surface area contributed by atoms with Crippen molar-refractivity contribution in [1.29, 1.82) is 0 Å². The summed E-state index contributed by atoms with van der Waals surface area (Å²) in [7, 11) is 1.55. The van der Waals surface area contributed by atoms with Crippen molar-refractivity contribution >= 4 is 17.9 Å². The van der Waals surface area contributed by atoms with Crippen LogP contribution < -0.4 is 14.2 Å². The molecule has 0 radical (unpaired) electrons. The number of hydrogen-bond acceptors (Lipinski definition) is 13. The van der Waals surface area contributed by atoms with Gasteiger partial charge >= 0.3 is 29.9 Å². The molecule has 2 aliphatic rings. The second-order valence-electron chi connectivity index (χ2n) is 10.3. The van der Waals surface area contributed by atoms with Gasteiger partial charge in [0, 0.05) is 49.7 Å². The Morgan fingerprint density at radius 3 is 2.12 bits per heavy atom. The second-order valence-corrected chi connectivity index (χ2v) is 10.3. The SMILES string of the molecule is CCOc1ncc([C@]2(O)CC[C@H]3CN(Cc4cnc(OC)nc4)C[C@H]32)c(OCC)n1.O=C(O)CC(O)(CC(=O)O)C(=O)O. The number of likely N-dealkylation sites (tertiary alicyclic amines) is 1.